The number of hydrogen-bond donors (Lipinski definition) is 1. The molecule has 0 saturated heterocycles. The van der Waals surface area contributed by atoms with Gasteiger partial charge in [0.2, 0.25) is 5.91 Å². The summed E-state index contributed by atoms with van der Waals surface area (Å²) in [6, 6.07) is 8.80. The molecule has 0 fully saturated rings. The minimum atomic E-state index is -0.345. The van der Waals surface area contributed by atoms with E-state index in [1.54, 1.807) is 24.5 Å². The number of nitrogens with one attached hydrogen (secondary N) is 1. The molecule has 1 N–H and O–H groups in total. The fraction of sp³-hybridized carbons (Fsp3) is 0.235. The van der Waals surface area contributed by atoms with Crippen LogP contribution in [-0.2, 0) is 11.3 Å². The topological polar surface area (TPSA) is 73.0 Å². The maximum absolute atomic E-state index is 12.3. The van der Waals surface area contributed by atoms with Gasteiger partial charge in [-0.15, -0.1) is 0 Å². The van der Waals surface area contributed by atoms with Crippen LogP contribution in [0.5, 0.6) is 0 Å². The number of hydrogen-bond acceptors (Lipinski definition) is 4. The van der Waals surface area contributed by atoms with E-state index >= 15 is 0 Å². The van der Waals surface area contributed by atoms with Gasteiger partial charge >= 0.3 is 0 Å². The zero-order valence-corrected chi connectivity index (χ0v) is 14.1. The van der Waals surface area contributed by atoms with Crippen molar-refractivity contribution in [2.45, 2.75) is 26.4 Å². The van der Waals surface area contributed by atoms with Crippen molar-refractivity contribution in [2.24, 2.45) is 0 Å². The standard InChI is InChI=1S/C17H17ClN4O2/c1-11(22-8-7-19-12(22)2)17(23)20-10-13-9-16(24-21-13)14-5-3-4-6-15(14)18/h3-9,11H,10H2,1-2H3,(H,20,23). The van der Waals surface area contributed by atoms with Crippen LogP contribution in [0.25, 0.3) is 11.3 Å². The first kappa shape index (κ1) is 16.3. The van der Waals surface area contributed by atoms with E-state index in [1.165, 1.54) is 0 Å². The lowest BCUT2D eigenvalue weighted by Crippen LogP contribution is -2.30. The first-order valence-corrected chi connectivity index (χ1v) is 7.91. The number of halogens is 1. The van der Waals surface area contributed by atoms with Crippen LogP contribution in [0.3, 0.4) is 0 Å². The van der Waals surface area contributed by atoms with E-state index in [0.29, 0.717) is 16.5 Å². The van der Waals surface area contributed by atoms with Crippen LogP contribution >= 0.6 is 11.6 Å². The Morgan fingerprint density at radius 3 is 2.92 bits per heavy atom. The summed E-state index contributed by atoms with van der Waals surface area (Å²) in [6.45, 7) is 3.96. The van der Waals surface area contributed by atoms with Gasteiger partial charge in [0.1, 0.15) is 17.6 Å². The normalized spacial score (nSPS) is 12.1. The summed E-state index contributed by atoms with van der Waals surface area (Å²) >= 11 is 6.14. The molecule has 0 aliphatic rings. The van der Waals surface area contributed by atoms with Crippen LogP contribution in [0.15, 0.2) is 47.2 Å². The van der Waals surface area contributed by atoms with Crippen molar-refractivity contribution in [3.8, 4) is 11.3 Å². The largest absolute Gasteiger partial charge is 0.356 e. The molecule has 0 radical (unpaired) electrons. The second-order valence-corrected chi connectivity index (χ2v) is 5.85. The molecular weight excluding hydrogens is 328 g/mol. The molecule has 0 spiro atoms. The summed E-state index contributed by atoms with van der Waals surface area (Å²) in [4.78, 5) is 16.4. The third kappa shape index (κ3) is 3.33. The molecule has 1 unspecified atom stereocenters. The van der Waals surface area contributed by atoms with Crippen LogP contribution in [0, 0.1) is 6.92 Å². The lowest BCUT2D eigenvalue weighted by molar-refractivity contribution is -0.124. The number of rotatable bonds is 5. The summed E-state index contributed by atoms with van der Waals surface area (Å²) in [5.74, 6) is 1.25. The molecule has 1 aromatic carbocycles. The second-order valence-electron chi connectivity index (χ2n) is 5.44. The van der Waals surface area contributed by atoms with E-state index in [-0.39, 0.29) is 18.5 Å². The van der Waals surface area contributed by atoms with Gasteiger partial charge in [-0.25, -0.2) is 4.98 Å². The van der Waals surface area contributed by atoms with E-state index in [9.17, 15) is 4.79 Å². The van der Waals surface area contributed by atoms with Gasteiger partial charge in [-0.05, 0) is 26.0 Å². The molecular formula is C17H17ClN4O2. The average molecular weight is 345 g/mol. The first-order chi connectivity index (χ1) is 11.6. The lowest BCUT2D eigenvalue weighted by atomic mass is 10.1. The van der Waals surface area contributed by atoms with E-state index in [4.69, 9.17) is 16.1 Å². The van der Waals surface area contributed by atoms with Crippen molar-refractivity contribution in [3.05, 3.63) is 59.3 Å². The van der Waals surface area contributed by atoms with E-state index < -0.39 is 0 Å². The Bertz CT molecular complexity index is 856. The van der Waals surface area contributed by atoms with Gasteiger partial charge in [0.15, 0.2) is 5.76 Å². The highest BCUT2D eigenvalue weighted by Crippen LogP contribution is 2.27. The van der Waals surface area contributed by atoms with Gasteiger partial charge in [0.05, 0.1) is 11.6 Å². The SMILES string of the molecule is Cc1nccn1C(C)C(=O)NCc1cc(-c2ccccc2Cl)on1. The third-order valence-electron chi connectivity index (χ3n) is 3.80. The summed E-state index contributed by atoms with van der Waals surface area (Å²) in [6.07, 6.45) is 3.46. The number of carbonyl (C=O) groups excluding carboxylic acids is 1. The van der Waals surface area contributed by atoms with Crippen molar-refractivity contribution in [1.82, 2.24) is 20.0 Å². The number of amides is 1. The van der Waals surface area contributed by atoms with Gasteiger partial charge < -0.3 is 14.4 Å². The van der Waals surface area contributed by atoms with Gasteiger partial charge in [-0.1, -0.05) is 28.9 Å². The molecule has 2 aromatic heterocycles. The molecule has 0 aliphatic heterocycles. The molecule has 0 aliphatic carbocycles. The first-order valence-electron chi connectivity index (χ1n) is 7.54. The number of aromatic nitrogens is 3. The van der Waals surface area contributed by atoms with Crippen molar-refractivity contribution < 1.29 is 9.32 Å². The minimum Gasteiger partial charge on any atom is -0.356 e. The fourth-order valence-electron chi connectivity index (χ4n) is 2.43. The summed E-state index contributed by atoms with van der Waals surface area (Å²) in [5, 5.41) is 7.42. The Kier molecular flexibility index (Phi) is 4.66. The van der Waals surface area contributed by atoms with Crippen molar-refractivity contribution >= 4 is 17.5 Å². The van der Waals surface area contributed by atoms with Crippen LogP contribution in [0.2, 0.25) is 5.02 Å². The summed E-state index contributed by atoms with van der Waals surface area (Å²) in [7, 11) is 0. The Hall–Kier alpha value is -2.60. The highest BCUT2D eigenvalue weighted by atomic mass is 35.5. The number of aryl methyl sites for hydroxylation is 1. The maximum Gasteiger partial charge on any atom is 0.243 e. The molecule has 6 nitrogen and oxygen atoms in total. The average Bonchev–Trinajstić information content (AvgIpc) is 3.21. The Balaban J connectivity index is 1.65. The summed E-state index contributed by atoms with van der Waals surface area (Å²) in [5.41, 5.74) is 1.40. The molecule has 2 heterocycles. The Morgan fingerprint density at radius 1 is 1.42 bits per heavy atom. The van der Waals surface area contributed by atoms with Crippen molar-refractivity contribution in [2.75, 3.05) is 0 Å². The van der Waals surface area contributed by atoms with Gasteiger partial charge in [0.25, 0.3) is 0 Å². The molecule has 3 aromatic rings. The van der Waals surface area contributed by atoms with Crippen LogP contribution in [0.1, 0.15) is 24.5 Å². The smallest absolute Gasteiger partial charge is 0.243 e. The van der Waals surface area contributed by atoms with E-state index in [2.05, 4.69) is 15.5 Å². The second kappa shape index (κ2) is 6.88. The number of nitrogens with zero attached hydrogens (tertiary/aromatic N) is 3. The minimum absolute atomic E-state index is 0.113. The maximum atomic E-state index is 12.3. The van der Waals surface area contributed by atoms with Gasteiger partial charge in [-0.2, -0.15) is 0 Å². The third-order valence-corrected chi connectivity index (χ3v) is 4.13. The van der Waals surface area contributed by atoms with Crippen LogP contribution < -0.4 is 5.32 Å². The highest BCUT2D eigenvalue weighted by molar-refractivity contribution is 6.33. The number of imidazole rings is 1. The lowest BCUT2D eigenvalue weighted by Gasteiger charge is -2.14. The molecule has 0 saturated carbocycles. The van der Waals surface area contributed by atoms with Crippen molar-refractivity contribution in [1.29, 1.82) is 0 Å². The zero-order chi connectivity index (χ0) is 17.1. The van der Waals surface area contributed by atoms with E-state index in [1.807, 2.05) is 36.6 Å². The number of benzene rings is 1. The highest BCUT2D eigenvalue weighted by Gasteiger charge is 2.17. The predicted octanol–water partition coefficient (Wildman–Crippen LogP) is 3.38. The van der Waals surface area contributed by atoms with Gasteiger partial charge in [0, 0.05) is 24.0 Å². The molecule has 1 amide bonds. The summed E-state index contributed by atoms with van der Waals surface area (Å²) < 4.78 is 7.13. The molecule has 124 valence electrons. The molecule has 0 bridgehead atoms. The van der Waals surface area contributed by atoms with Crippen molar-refractivity contribution in [3.63, 3.8) is 0 Å². The molecule has 3 rings (SSSR count). The van der Waals surface area contributed by atoms with E-state index in [0.717, 1.165) is 11.4 Å². The monoisotopic (exact) mass is 344 g/mol. The molecule has 24 heavy (non-hydrogen) atoms. The van der Waals surface area contributed by atoms with Gasteiger partial charge in [-0.3, -0.25) is 4.79 Å². The predicted molar refractivity (Wildman–Crippen MR) is 90.5 cm³/mol. The zero-order valence-electron chi connectivity index (χ0n) is 13.4. The van der Waals surface area contributed by atoms with Crippen LogP contribution in [0.4, 0.5) is 0 Å². The molecule has 7 heteroatoms. The Morgan fingerprint density at radius 2 is 2.21 bits per heavy atom. The Labute approximate surface area is 144 Å². The molecule has 1 atom stereocenters. The quantitative estimate of drug-likeness (QED) is 0.770. The van der Waals surface area contributed by atoms with Crippen LogP contribution in [-0.4, -0.2) is 20.6 Å². The fourth-order valence-corrected chi connectivity index (χ4v) is 2.66. The number of carbonyl (C=O) groups is 1.